The Morgan fingerprint density at radius 2 is 1.86 bits per heavy atom. The molecule has 78 valence electrons. The van der Waals surface area contributed by atoms with Crippen molar-refractivity contribution in [3.63, 3.8) is 0 Å². The van der Waals surface area contributed by atoms with E-state index in [0.29, 0.717) is 13.0 Å². The van der Waals surface area contributed by atoms with Crippen LogP contribution < -0.4 is 11.5 Å². The predicted octanol–water partition coefficient (Wildman–Crippen LogP) is 1.97. The molecule has 1 aromatic rings. The standard InChI is InChI=1S/C9H11ClF2N2/c10-9-6(12)2-1-5(11)8(9)7(14)3-4-13/h1-2,7H,3-4,13-14H2. The van der Waals surface area contributed by atoms with Crippen molar-refractivity contribution < 1.29 is 8.78 Å². The third-order valence-electron chi connectivity index (χ3n) is 1.93. The number of halogens is 3. The lowest BCUT2D eigenvalue weighted by Crippen LogP contribution is -2.17. The molecule has 4 N–H and O–H groups in total. The number of hydrogen-bond acceptors (Lipinski definition) is 2. The van der Waals surface area contributed by atoms with Crippen LogP contribution in [-0.4, -0.2) is 6.54 Å². The highest BCUT2D eigenvalue weighted by molar-refractivity contribution is 6.31. The van der Waals surface area contributed by atoms with E-state index in [-0.39, 0.29) is 10.6 Å². The highest BCUT2D eigenvalue weighted by Gasteiger charge is 2.17. The van der Waals surface area contributed by atoms with E-state index in [9.17, 15) is 8.78 Å². The summed E-state index contributed by atoms with van der Waals surface area (Å²) in [7, 11) is 0. The number of nitrogens with two attached hydrogens (primary N) is 2. The van der Waals surface area contributed by atoms with E-state index < -0.39 is 17.7 Å². The average molecular weight is 221 g/mol. The number of rotatable bonds is 3. The fourth-order valence-corrected chi connectivity index (χ4v) is 1.50. The Morgan fingerprint density at radius 1 is 1.29 bits per heavy atom. The Bertz CT molecular complexity index is 331. The largest absolute Gasteiger partial charge is 0.330 e. The molecule has 0 aliphatic carbocycles. The van der Waals surface area contributed by atoms with Gasteiger partial charge in [0.1, 0.15) is 11.6 Å². The Morgan fingerprint density at radius 3 is 2.43 bits per heavy atom. The van der Waals surface area contributed by atoms with Crippen LogP contribution in [0.5, 0.6) is 0 Å². The van der Waals surface area contributed by atoms with Gasteiger partial charge in [-0.05, 0) is 25.1 Å². The summed E-state index contributed by atoms with van der Waals surface area (Å²) in [4.78, 5) is 0. The van der Waals surface area contributed by atoms with Gasteiger partial charge >= 0.3 is 0 Å². The van der Waals surface area contributed by atoms with Crippen molar-refractivity contribution in [2.75, 3.05) is 6.54 Å². The van der Waals surface area contributed by atoms with Crippen molar-refractivity contribution in [2.45, 2.75) is 12.5 Å². The molecule has 0 fully saturated rings. The third kappa shape index (κ3) is 2.20. The summed E-state index contributed by atoms with van der Waals surface area (Å²) in [5.41, 5.74) is 10.9. The fourth-order valence-electron chi connectivity index (χ4n) is 1.21. The molecule has 1 aromatic carbocycles. The van der Waals surface area contributed by atoms with Crippen molar-refractivity contribution in [3.8, 4) is 0 Å². The van der Waals surface area contributed by atoms with Gasteiger partial charge in [-0.25, -0.2) is 8.78 Å². The number of benzene rings is 1. The smallest absolute Gasteiger partial charge is 0.142 e. The molecule has 0 aliphatic rings. The molecule has 2 nitrogen and oxygen atoms in total. The third-order valence-corrected chi connectivity index (χ3v) is 2.31. The quantitative estimate of drug-likeness (QED) is 0.766. The monoisotopic (exact) mass is 220 g/mol. The highest BCUT2D eigenvalue weighted by Crippen LogP contribution is 2.28. The zero-order valence-electron chi connectivity index (χ0n) is 7.43. The molecule has 0 aliphatic heterocycles. The summed E-state index contributed by atoms with van der Waals surface area (Å²) >= 11 is 5.59. The Hall–Kier alpha value is -0.710. The molecule has 0 aromatic heterocycles. The second-order valence-electron chi connectivity index (χ2n) is 2.94. The molecule has 1 atom stereocenters. The molecule has 0 saturated carbocycles. The van der Waals surface area contributed by atoms with Gasteiger partial charge < -0.3 is 11.5 Å². The van der Waals surface area contributed by atoms with Gasteiger partial charge in [0, 0.05) is 11.6 Å². The van der Waals surface area contributed by atoms with Gasteiger partial charge in [0.2, 0.25) is 0 Å². The molecule has 1 unspecified atom stereocenters. The van der Waals surface area contributed by atoms with Crippen LogP contribution >= 0.6 is 11.6 Å². The van der Waals surface area contributed by atoms with Gasteiger partial charge in [-0.15, -0.1) is 0 Å². The lowest BCUT2D eigenvalue weighted by Gasteiger charge is -2.13. The van der Waals surface area contributed by atoms with Crippen molar-refractivity contribution in [1.29, 1.82) is 0 Å². The van der Waals surface area contributed by atoms with E-state index in [1.54, 1.807) is 0 Å². The normalized spacial score (nSPS) is 12.9. The molecule has 0 amide bonds. The summed E-state index contributed by atoms with van der Waals surface area (Å²) in [5.74, 6) is -1.27. The van der Waals surface area contributed by atoms with E-state index in [1.807, 2.05) is 0 Å². The van der Waals surface area contributed by atoms with Crippen LogP contribution in [0.1, 0.15) is 18.0 Å². The van der Waals surface area contributed by atoms with Crippen molar-refractivity contribution in [3.05, 3.63) is 34.4 Å². The maximum atomic E-state index is 13.2. The van der Waals surface area contributed by atoms with Crippen LogP contribution in [0.2, 0.25) is 5.02 Å². The van der Waals surface area contributed by atoms with Crippen molar-refractivity contribution in [2.24, 2.45) is 11.5 Å². The minimum Gasteiger partial charge on any atom is -0.330 e. The molecular weight excluding hydrogens is 210 g/mol. The first-order chi connectivity index (χ1) is 6.57. The Balaban J connectivity index is 3.11. The van der Waals surface area contributed by atoms with Gasteiger partial charge in [0.25, 0.3) is 0 Å². The molecule has 1 rings (SSSR count). The molecule has 0 heterocycles. The minimum absolute atomic E-state index is 0.00267. The summed E-state index contributed by atoms with van der Waals surface area (Å²) in [6.45, 7) is 0.299. The van der Waals surface area contributed by atoms with E-state index in [0.717, 1.165) is 12.1 Å². The predicted molar refractivity (Wildman–Crippen MR) is 52.0 cm³/mol. The maximum Gasteiger partial charge on any atom is 0.142 e. The number of hydrogen-bond donors (Lipinski definition) is 2. The summed E-state index contributed by atoms with van der Waals surface area (Å²) in [6, 6.07) is 1.31. The van der Waals surface area contributed by atoms with Crippen molar-refractivity contribution in [1.82, 2.24) is 0 Å². The Labute approximate surface area is 85.8 Å². The fraction of sp³-hybridized carbons (Fsp3) is 0.333. The SMILES string of the molecule is NCCC(N)c1c(F)ccc(F)c1Cl. The molecular formula is C9H11ClF2N2. The molecule has 0 spiro atoms. The topological polar surface area (TPSA) is 52.0 Å². The lowest BCUT2D eigenvalue weighted by atomic mass is 10.0. The van der Waals surface area contributed by atoms with Crippen LogP contribution in [0.3, 0.4) is 0 Å². The van der Waals surface area contributed by atoms with Crippen LogP contribution in [-0.2, 0) is 0 Å². The lowest BCUT2D eigenvalue weighted by molar-refractivity contribution is 0.551. The van der Waals surface area contributed by atoms with Crippen molar-refractivity contribution >= 4 is 11.6 Å². The van der Waals surface area contributed by atoms with E-state index in [4.69, 9.17) is 23.1 Å². The van der Waals surface area contributed by atoms with E-state index >= 15 is 0 Å². The average Bonchev–Trinajstić information content (AvgIpc) is 2.13. The van der Waals surface area contributed by atoms with Gasteiger partial charge in [-0.2, -0.15) is 0 Å². The van der Waals surface area contributed by atoms with Gasteiger partial charge in [0.05, 0.1) is 5.02 Å². The molecule has 0 saturated heterocycles. The van der Waals surface area contributed by atoms with Crippen LogP contribution in [0.15, 0.2) is 12.1 Å². The zero-order valence-corrected chi connectivity index (χ0v) is 8.19. The van der Waals surface area contributed by atoms with Gasteiger partial charge in [0.15, 0.2) is 0 Å². The molecule has 0 bridgehead atoms. The van der Waals surface area contributed by atoms with Gasteiger partial charge in [-0.1, -0.05) is 11.6 Å². The summed E-state index contributed by atoms with van der Waals surface area (Å²) in [6.07, 6.45) is 0.361. The van der Waals surface area contributed by atoms with Crippen LogP contribution in [0.25, 0.3) is 0 Å². The van der Waals surface area contributed by atoms with Gasteiger partial charge in [-0.3, -0.25) is 0 Å². The summed E-state index contributed by atoms with van der Waals surface area (Å²) < 4.78 is 26.2. The molecule has 0 radical (unpaired) electrons. The first-order valence-corrected chi connectivity index (χ1v) is 4.54. The molecule has 5 heteroatoms. The second-order valence-corrected chi connectivity index (χ2v) is 3.32. The van der Waals surface area contributed by atoms with E-state index in [1.165, 1.54) is 0 Å². The van der Waals surface area contributed by atoms with E-state index in [2.05, 4.69) is 0 Å². The van der Waals surface area contributed by atoms with Crippen LogP contribution in [0, 0.1) is 11.6 Å². The zero-order chi connectivity index (χ0) is 10.7. The molecule has 14 heavy (non-hydrogen) atoms. The first kappa shape index (κ1) is 11.4. The first-order valence-electron chi connectivity index (χ1n) is 4.17. The highest BCUT2D eigenvalue weighted by atomic mass is 35.5. The van der Waals surface area contributed by atoms with Crippen LogP contribution in [0.4, 0.5) is 8.78 Å². The maximum absolute atomic E-state index is 13.2. The minimum atomic E-state index is -0.671. The Kier molecular flexibility index (Phi) is 3.80. The summed E-state index contributed by atoms with van der Waals surface area (Å²) in [5, 5.41) is -0.258. The second kappa shape index (κ2) is 4.68.